The van der Waals surface area contributed by atoms with Crippen LogP contribution in [0.15, 0.2) is 133 Å². The minimum atomic E-state index is 1.16. The number of fused-ring (bicyclic) bond motifs is 1. The molecule has 0 atom stereocenters. The minimum Gasteiger partial charge on any atom is -0.308 e. The molecule has 0 radical (unpaired) electrons. The van der Waals surface area contributed by atoms with Gasteiger partial charge in [-0.1, -0.05) is 97.1 Å². The van der Waals surface area contributed by atoms with Crippen LogP contribution in [-0.2, 0) is 0 Å². The fourth-order valence-electron chi connectivity index (χ4n) is 4.51. The summed E-state index contributed by atoms with van der Waals surface area (Å²) in [5.41, 5.74) is 9.48. The number of hydrogen-bond donors (Lipinski definition) is 0. The molecule has 2 heteroatoms. The van der Waals surface area contributed by atoms with Gasteiger partial charge in [-0.05, 0) is 47.5 Å². The third-order valence-electron chi connectivity index (χ3n) is 5.94. The first-order valence-corrected chi connectivity index (χ1v) is 10.9. The number of nitrogens with zero attached hydrogens (tertiary/aromatic N) is 2. The highest BCUT2D eigenvalue weighted by atomic mass is 15.1. The summed E-state index contributed by atoms with van der Waals surface area (Å²) in [5, 5.41) is 0. The molecule has 32 heavy (non-hydrogen) atoms. The third-order valence-corrected chi connectivity index (χ3v) is 5.94. The lowest BCUT2D eigenvalue weighted by Crippen LogP contribution is -1.96. The summed E-state index contributed by atoms with van der Waals surface area (Å²) in [7, 11) is 0. The van der Waals surface area contributed by atoms with Crippen molar-refractivity contribution in [2.45, 2.75) is 0 Å². The van der Waals surface area contributed by atoms with E-state index in [0.29, 0.717) is 0 Å². The molecule has 0 aliphatic rings. The van der Waals surface area contributed by atoms with Gasteiger partial charge in [0.2, 0.25) is 0 Å². The number of hydrogen-bond acceptors (Lipinski definition) is 0. The molecule has 0 fully saturated rings. The Morgan fingerprint density at radius 3 is 1.00 bits per heavy atom. The topological polar surface area (TPSA) is 9.86 Å². The normalized spacial score (nSPS) is 11.1. The van der Waals surface area contributed by atoms with Crippen LogP contribution in [0.3, 0.4) is 0 Å². The quantitative estimate of drug-likeness (QED) is 0.281. The van der Waals surface area contributed by atoms with Crippen molar-refractivity contribution in [2.24, 2.45) is 0 Å². The summed E-state index contributed by atoms with van der Waals surface area (Å²) in [6.07, 6.45) is 0. The van der Waals surface area contributed by atoms with Crippen LogP contribution in [-0.4, -0.2) is 9.13 Å². The van der Waals surface area contributed by atoms with Crippen LogP contribution in [0.4, 0.5) is 0 Å². The van der Waals surface area contributed by atoms with Crippen molar-refractivity contribution >= 4 is 11.0 Å². The molecule has 6 rings (SSSR count). The van der Waals surface area contributed by atoms with Gasteiger partial charge in [0.05, 0.1) is 22.4 Å². The molecule has 6 aromatic rings. The largest absolute Gasteiger partial charge is 0.308 e. The van der Waals surface area contributed by atoms with Crippen molar-refractivity contribution < 1.29 is 0 Å². The Hall–Kier alpha value is -4.30. The van der Waals surface area contributed by atoms with E-state index in [2.05, 4.69) is 143 Å². The summed E-state index contributed by atoms with van der Waals surface area (Å²) >= 11 is 0. The van der Waals surface area contributed by atoms with E-state index in [1.807, 2.05) is 0 Å². The van der Waals surface area contributed by atoms with Crippen molar-refractivity contribution in [3.8, 4) is 33.9 Å². The molecule has 0 aliphatic carbocycles. The molecule has 0 unspecified atom stereocenters. The van der Waals surface area contributed by atoms with Gasteiger partial charge in [-0.15, -0.1) is 0 Å². The SMILES string of the molecule is c1ccc(-c2cc3c(cc(-c4ccccc4)n3-c3ccccc3)n2-c2ccccc2)cc1. The van der Waals surface area contributed by atoms with Crippen molar-refractivity contribution in [2.75, 3.05) is 0 Å². The van der Waals surface area contributed by atoms with E-state index >= 15 is 0 Å². The molecular weight excluding hydrogens is 388 g/mol. The lowest BCUT2D eigenvalue weighted by molar-refractivity contribution is 1.13. The van der Waals surface area contributed by atoms with Gasteiger partial charge < -0.3 is 9.13 Å². The van der Waals surface area contributed by atoms with E-state index in [-0.39, 0.29) is 0 Å². The first-order chi connectivity index (χ1) is 15.9. The van der Waals surface area contributed by atoms with Crippen LogP contribution in [0, 0.1) is 0 Å². The zero-order valence-corrected chi connectivity index (χ0v) is 17.6. The maximum atomic E-state index is 2.37. The highest BCUT2D eigenvalue weighted by Gasteiger charge is 2.20. The van der Waals surface area contributed by atoms with Crippen LogP contribution < -0.4 is 0 Å². The summed E-state index contributed by atoms with van der Waals surface area (Å²) in [6, 6.07) is 47.1. The standard InChI is InChI=1S/C30H22N2/c1-5-13-23(14-6-1)27-21-29-30(31(27)25-17-9-3-10-18-25)22-28(24-15-7-2-8-16-24)32(29)26-19-11-4-12-20-26/h1-22H. The first kappa shape index (κ1) is 18.5. The predicted octanol–water partition coefficient (Wildman–Crippen LogP) is 7.76. The van der Waals surface area contributed by atoms with E-state index in [9.17, 15) is 0 Å². The van der Waals surface area contributed by atoms with Crippen LogP contribution in [0.1, 0.15) is 0 Å². The molecule has 2 aromatic heterocycles. The second kappa shape index (κ2) is 7.75. The smallest absolute Gasteiger partial charge is 0.0724 e. The van der Waals surface area contributed by atoms with Crippen molar-refractivity contribution in [1.82, 2.24) is 9.13 Å². The van der Waals surface area contributed by atoms with Crippen LogP contribution in [0.2, 0.25) is 0 Å². The Morgan fingerprint density at radius 2 is 0.656 bits per heavy atom. The molecule has 4 aromatic carbocycles. The second-order valence-corrected chi connectivity index (χ2v) is 7.90. The van der Waals surface area contributed by atoms with Crippen molar-refractivity contribution in [3.05, 3.63) is 133 Å². The van der Waals surface area contributed by atoms with Crippen LogP contribution in [0.5, 0.6) is 0 Å². The maximum absolute atomic E-state index is 2.37. The molecule has 0 N–H and O–H groups in total. The molecule has 0 saturated carbocycles. The van der Waals surface area contributed by atoms with E-state index in [1.54, 1.807) is 0 Å². The molecular formula is C30H22N2. The Labute approximate surface area is 187 Å². The lowest BCUT2D eigenvalue weighted by atomic mass is 10.1. The van der Waals surface area contributed by atoms with Crippen LogP contribution >= 0.6 is 0 Å². The lowest BCUT2D eigenvalue weighted by Gasteiger charge is -2.11. The summed E-state index contributed by atoms with van der Waals surface area (Å²) in [5.74, 6) is 0. The molecule has 0 amide bonds. The monoisotopic (exact) mass is 410 g/mol. The Kier molecular flexibility index (Phi) is 4.47. The van der Waals surface area contributed by atoms with Crippen molar-refractivity contribution in [3.63, 3.8) is 0 Å². The number of para-hydroxylation sites is 2. The fourth-order valence-corrected chi connectivity index (χ4v) is 4.51. The van der Waals surface area contributed by atoms with Gasteiger partial charge in [0.15, 0.2) is 0 Å². The molecule has 152 valence electrons. The molecule has 0 spiro atoms. The second-order valence-electron chi connectivity index (χ2n) is 7.90. The number of benzene rings is 4. The van der Waals surface area contributed by atoms with E-state index in [4.69, 9.17) is 0 Å². The molecule has 2 heterocycles. The van der Waals surface area contributed by atoms with Gasteiger partial charge in [0, 0.05) is 11.4 Å². The summed E-state index contributed by atoms with van der Waals surface area (Å²) in [6.45, 7) is 0. The highest BCUT2D eigenvalue weighted by molar-refractivity contribution is 5.93. The molecule has 2 nitrogen and oxygen atoms in total. The fraction of sp³-hybridized carbons (Fsp3) is 0. The van der Waals surface area contributed by atoms with E-state index in [0.717, 1.165) is 11.4 Å². The summed E-state index contributed by atoms with van der Waals surface area (Å²) < 4.78 is 4.74. The molecule has 0 aliphatic heterocycles. The van der Waals surface area contributed by atoms with Gasteiger partial charge >= 0.3 is 0 Å². The van der Waals surface area contributed by atoms with E-state index < -0.39 is 0 Å². The van der Waals surface area contributed by atoms with Gasteiger partial charge in [0.25, 0.3) is 0 Å². The number of rotatable bonds is 4. The van der Waals surface area contributed by atoms with Gasteiger partial charge in [-0.25, -0.2) is 0 Å². The average molecular weight is 411 g/mol. The van der Waals surface area contributed by atoms with Crippen LogP contribution in [0.25, 0.3) is 44.9 Å². The third kappa shape index (κ3) is 3.05. The first-order valence-electron chi connectivity index (χ1n) is 10.9. The molecule has 0 bridgehead atoms. The van der Waals surface area contributed by atoms with Crippen molar-refractivity contribution in [1.29, 1.82) is 0 Å². The summed E-state index contributed by atoms with van der Waals surface area (Å²) in [4.78, 5) is 0. The average Bonchev–Trinajstić information content (AvgIpc) is 3.42. The highest BCUT2D eigenvalue weighted by Crippen LogP contribution is 2.38. The molecule has 0 saturated heterocycles. The van der Waals surface area contributed by atoms with Gasteiger partial charge in [-0.3, -0.25) is 0 Å². The predicted molar refractivity (Wildman–Crippen MR) is 133 cm³/mol. The Bertz CT molecular complexity index is 1360. The Morgan fingerprint density at radius 1 is 0.344 bits per heavy atom. The van der Waals surface area contributed by atoms with Gasteiger partial charge in [-0.2, -0.15) is 0 Å². The Balaban J connectivity index is 1.73. The van der Waals surface area contributed by atoms with Gasteiger partial charge in [0.1, 0.15) is 0 Å². The zero-order valence-electron chi connectivity index (χ0n) is 17.6. The minimum absolute atomic E-state index is 1.16. The zero-order chi connectivity index (χ0) is 21.3. The number of aromatic nitrogens is 2. The maximum Gasteiger partial charge on any atom is 0.0724 e. The van der Waals surface area contributed by atoms with E-state index in [1.165, 1.54) is 33.5 Å².